The van der Waals surface area contributed by atoms with E-state index in [0.29, 0.717) is 37.0 Å². The van der Waals surface area contributed by atoms with Crippen molar-refractivity contribution in [3.8, 4) is 0 Å². The number of aliphatic imine (C=N–C) groups is 1. The summed E-state index contributed by atoms with van der Waals surface area (Å²) in [6.45, 7) is 3.59. The van der Waals surface area contributed by atoms with E-state index in [0.717, 1.165) is 35.1 Å². The van der Waals surface area contributed by atoms with Crippen LogP contribution >= 0.6 is 11.3 Å². The van der Waals surface area contributed by atoms with Gasteiger partial charge in [-0.05, 0) is 37.5 Å². The normalized spacial score (nSPS) is 12.3. The Bertz CT molecular complexity index is 743. The highest BCUT2D eigenvalue weighted by Gasteiger charge is 2.33. The Balaban J connectivity index is 1.77. The van der Waals surface area contributed by atoms with Crippen LogP contribution in [-0.2, 0) is 19.0 Å². The van der Waals surface area contributed by atoms with Crippen LogP contribution in [0.1, 0.15) is 29.6 Å². The molecule has 4 nitrogen and oxygen atoms in total. The quantitative estimate of drug-likeness (QED) is 0.303. The molecule has 1 aromatic heterocycles. The van der Waals surface area contributed by atoms with Crippen molar-refractivity contribution in [3.05, 3.63) is 51.7 Å². The van der Waals surface area contributed by atoms with E-state index in [9.17, 15) is 17.6 Å². The van der Waals surface area contributed by atoms with Crippen molar-refractivity contribution in [2.24, 2.45) is 4.99 Å². The number of halogens is 4. The molecule has 0 aliphatic rings. The van der Waals surface area contributed by atoms with Crippen molar-refractivity contribution >= 4 is 17.3 Å². The molecule has 0 fully saturated rings. The molecule has 0 saturated heterocycles. The highest BCUT2D eigenvalue weighted by atomic mass is 32.1. The molecular weight excluding hydrogens is 380 g/mol. The second-order valence-corrected chi connectivity index (χ2v) is 6.74. The first kappa shape index (κ1) is 21.1. The lowest BCUT2D eigenvalue weighted by atomic mass is 10.1. The van der Waals surface area contributed by atoms with Crippen LogP contribution in [0, 0.1) is 5.82 Å². The van der Waals surface area contributed by atoms with E-state index < -0.39 is 11.9 Å². The summed E-state index contributed by atoms with van der Waals surface area (Å²) in [6.07, 6.45) is -2.53. The molecule has 148 valence electrons. The predicted octanol–water partition coefficient (Wildman–Crippen LogP) is 4.03. The molecule has 0 radical (unpaired) electrons. The maximum atomic E-state index is 13.1. The zero-order valence-electron chi connectivity index (χ0n) is 14.9. The Morgan fingerprint density at radius 3 is 2.70 bits per heavy atom. The fourth-order valence-corrected chi connectivity index (χ4v) is 3.16. The second-order valence-electron chi connectivity index (χ2n) is 5.80. The summed E-state index contributed by atoms with van der Waals surface area (Å²) in [5.74, 6) is 0.353. The van der Waals surface area contributed by atoms with E-state index in [2.05, 4.69) is 20.6 Å². The van der Waals surface area contributed by atoms with Gasteiger partial charge in [-0.25, -0.2) is 9.37 Å². The molecule has 0 spiro atoms. The average molecular weight is 402 g/mol. The summed E-state index contributed by atoms with van der Waals surface area (Å²) < 4.78 is 50.8. The molecule has 2 N–H and O–H groups in total. The van der Waals surface area contributed by atoms with Crippen molar-refractivity contribution in [2.45, 2.75) is 32.4 Å². The minimum atomic E-state index is -4.40. The SMILES string of the molecule is CCNC(=NCCCc1cccc(F)c1)NCCc1nc(C(F)(F)F)cs1. The molecule has 0 unspecified atom stereocenters. The summed E-state index contributed by atoms with van der Waals surface area (Å²) in [6, 6.07) is 6.48. The third-order valence-electron chi connectivity index (χ3n) is 3.60. The number of benzene rings is 1. The highest BCUT2D eigenvalue weighted by Crippen LogP contribution is 2.29. The number of thiazole rings is 1. The second kappa shape index (κ2) is 10.2. The molecule has 0 bridgehead atoms. The van der Waals surface area contributed by atoms with Crippen molar-refractivity contribution in [1.29, 1.82) is 0 Å². The molecule has 1 heterocycles. The zero-order chi connectivity index (χ0) is 19.7. The Morgan fingerprint density at radius 1 is 1.22 bits per heavy atom. The maximum Gasteiger partial charge on any atom is 0.434 e. The molecule has 0 atom stereocenters. The summed E-state index contributed by atoms with van der Waals surface area (Å²) in [5.41, 5.74) is 0.0767. The number of nitrogens with zero attached hydrogens (tertiary/aromatic N) is 2. The topological polar surface area (TPSA) is 49.3 Å². The molecular formula is C18H22F4N4S. The number of nitrogens with one attached hydrogen (secondary N) is 2. The van der Waals surface area contributed by atoms with Crippen LogP contribution in [0.3, 0.4) is 0 Å². The van der Waals surface area contributed by atoms with E-state index in [1.807, 2.05) is 13.0 Å². The van der Waals surface area contributed by atoms with Crippen molar-refractivity contribution < 1.29 is 17.6 Å². The summed E-state index contributed by atoms with van der Waals surface area (Å²) in [7, 11) is 0. The van der Waals surface area contributed by atoms with Gasteiger partial charge >= 0.3 is 6.18 Å². The molecule has 0 saturated carbocycles. The highest BCUT2D eigenvalue weighted by molar-refractivity contribution is 7.09. The minimum absolute atomic E-state index is 0.248. The molecule has 2 rings (SSSR count). The summed E-state index contributed by atoms with van der Waals surface area (Å²) >= 11 is 1.000. The van der Waals surface area contributed by atoms with E-state index in [1.54, 1.807) is 6.07 Å². The van der Waals surface area contributed by atoms with E-state index in [4.69, 9.17) is 0 Å². The van der Waals surface area contributed by atoms with Crippen molar-refractivity contribution in [1.82, 2.24) is 15.6 Å². The summed E-state index contributed by atoms with van der Waals surface area (Å²) in [4.78, 5) is 8.03. The lowest BCUT2D eigenvalue weighted by Crippen LogP contribution is -2.38. The van der Waals surface area contributed by atoms with Crippen LogP contribution in [0.25, 0.3) is 0 Å². The van der Waals surface area contributed by atoms with Gasteiger partial charge in [0.05, 0.1) is 5.01 Å². The van der Waals surface area contributed by atoms with Crippen molar-refractivity contribution in [2.75, 3.05) is 19.6 Å². The fraction of sp³-hybridized carbons (Fsp3) is 0.444. The lowest BCUT2D eigenvalue weighted by Gasteiger charge is -2.10. The van der Waals surface area contributed by atoms with E-state index in [-0.39, 0.29) is 5.82 Å². The van der Waals surface area contributed by atoms with Gasteiger partial charge in [0.15, 0.2) is 11.7 Å². The monoisotopic (exact) mass is 402 g/mol. The Labute approximate surface area is 159 Å². The van der Waals surface area contributed by atoms with E-state index in [1.165, 1.54) is 12.1 Å². The molecule has 27 heavy (non-hydrogen) atoms. The molecule has 0 aliphatic carbocycles. The minimum Gasteiger partial charge on any atom is -0.357 e. The van der Waals surface area contributed by atoms with Crippen LogP contribution in [-0.4, -0.2) is 30.6 Å². The van der Waals surface area contributed by atoms with Crippen LogP contribution < -0.4 is 10.6 Å². The first-order valence-corrected chi connectivity index (χ1v) is 9.54. The van der Waals surface area contributed by atoms with Gasteiger partial charge in [-0.15, -0.1) is 11.3 Å². The number of alkyl halides is 3. The van der Waals surface area contributed by atoms with Crippen LogP contribution in [0.5, 0.6) is 0 Å². The standard InChI is InChI=1S/C18H22F4N4S/c1-2-23-17(24-9-4-6-13-5-3-7-14(19)11-13)25-10-8-16-26-15(12-27-16)18(20,21)22/h3,5,7,11-12H,2,4,6,8-10H2,1H3,(H2,23,24,25). The number of rotatable bonds is 8. The first-order valence-electron chi connectivity index (χ1n) is 8.66. The lowest BCUT2D eigenvalue weighted by molar-refractivity contribution is -0.140. The molecule has 0 aliphatic heterocycles. The first-order chi connectivity index (χ1) is 12.9. The third kappa shape index (κ3) is 7.54. The van der Waals surface area contributed by atoms with Gasteiger partial charge in [-0.3, -0.25) is 4.99 Å². The number of hydrogen-bond donors (Lipinski definition) is 2. The number of guanidine groups is 1. The molecule has 0 amide bonds. The molecule has 2 aromatic rings. The zero-order valence-corrected chi connectivity index (χ0v) is 15.8. The summed E-state index contributed by atoms with van der Waals surface area (Å²) in [5, 5.41) is 7.63. The fourth-order valence-electron chi connectivity index (χ4n) is 2.35. The van der Waals surface area contributed by atoms with Gasteiger partial charge in [0.25, 0.3) is 0 Å². The Morgan fingerprint density at radius 2 is 2.04 bits per heavy atom. The Kier molecular flexibility index (Phi) is 8.02. The van der Waals surface area contributed by atoms with Gasteiger partial charge in [0, 0.05) is 31.4 Å². The van der Waals surface area contributed by atoms with Gasteiger partial charge in [-0.1, -0.05) is 12.1 Å². The molecule has 9 heteroatoms. The van der Waals surface area contributed by atoms with Gasteiger partial charge < -0.3 is 10.6 Å². The van der Waals surface area contributed by atoms with Crippen molar-refractivity contribution in [3.63, 3.8) is 0 Å². The van der Waals surface area contributed by atoms with Gasteiger partial charge in [-0.2, -0.15) is 13.2 Å². The van der Waals surface area contributed by atoms with Gasteiger partial charge in [0.2, 0.25) is 0 Å². The number of aromatic nitrogens is 1. The van der Waals surface area contributed by atoms with E-state index >= 15 is 0 Å². The van der Waals surface area contributed by atoms with Crippen LogP contribution in [0.4, 0.5) is 17.6 Å². The maximum absolute atomic E-state index is 13.1. The van der Waals surface area contributed by atoms with Gasteiger partial charge in [0.1, 0.15) is 5.82 Å². The molecule has 1 aromatic carbocycles. The van der Waals surface area contributed by atoms with Crippen LogP contribution in [0.15, 0.2) is 34.6 Å². The average Bonchev–Trinajstić information content (AvgIpc) is 3.08. The van der Waals surface area contributed by atoms with Crippen LogP contribution in [0.2, 0.25) is 0 Å². The smallest absolute Gasteiger partial charge is 0.357 e. The third-order valence-corrected chi connectivity index (χ3v) is 4.51. The number of aryl methyl sites for hydroxylation is 1. The Hall–Kier alpha value is -2.16. The number of hydrogen-bond acceptors (Lipinski definition) is 3. The predicted molar refractivity (Wildman–Crippen MR) is 99.5 cm³/mol. The largest absolute Gasteiger partial charge is 0.434 e.